The molecule has 0 aliphatic rings. The number of rotatable bonds is 4. The average Bonchev–Trinajstić information content (AvgIpc) is 3.01. The Kier molecular flexibility index (Phi) is 5.32. The zero-order valence-electron chi connectivity index (χ0n) is 13.6. The van der Waals surface area contributed by atoms with Gasteiger partial charge in [0.25, 0.3) is 11.8 Å². The van der Waals surface area contributed by atoms with Gasteiger partial charge in [-0.25, -0.2) is 9.18 Å². The molecule has 0 atom stereocenters. The van der Waals surface area contributed by atoms with E-state index in [0.717, 1.165) is 4.68 Å². The Morgan fingerprint density at radius 1 is 1.11 bits per heavy atom. The van der Waals surface area contributed by atoms with Gasteiger partial charge in [-0.3, -0.25) is 20.4 Å². The first-order valence-corrected chi connectivity index (χ1v) is 7.99. The Morgan fingerprint density at radius 3 is 2.52 bits per heavy atom. The lowest BCUT2D eigenvalue weighted by Gasteiger charge is -2.07. The number of hydrogen-bond donors (Lipinski definition) is 2. The van der Waals surface area contributed by atoms with Gasteiger partial charge in [0.1, 0.15) is 12.4 Å². The molecule has 0 spiro atoms. The summed E-state index contributed by atoms with van der Waals surface area (Å²) in [7, 11) is 0. The van der Waals surface area contributed by atoms with E-state index in [9.17, 15) is 18.8 Å². The molecule has 0 aliphatic heterocycles. The zero-order chi connectivity index (χ0) is 19.4. The molecule has 27 heavy (non-hydrogen) atoms. The number of halogens is 2. The van der Waals surface area contributed by atoms with Crippen molar-refractivity contribution in [1.29, 1.82) is 0 Å². The van der Waals surface area contributed by atoms with Crippen LogP contribution in [0, 0.1) is 5.82 Å². The van der Waals surface area contributed by atoms with Gasteiger partial charge in [0.2, 0.25) is 5.89 Å². The maximum atomic E-state index is 12.9. The first-order valence-electron chi connectivity index (χ1n) is 7.61. The minimum Gasteiger partial charge on any atom is -0.388 e. The van der Waals surface area contributed by atoms with Crippen LogP contribution in [-0.4, -0.2) is 21.6 Å². The number of nitrogens with one attached hydrogen (secondary N) is 2. The van der Waals surface area contributed by atoms with Gasteiger partial charge in [-0.15, -0.1) is 5.10 Å². The van der Waals surface area contributed by atoms with E-state index in [-0.39, 0.29) is 16.5 Å². The predicted octanol–water partition coefficient (Wildman–Crippen LogP) is 1.76. The third-order valence-corrected chi connectivity index (χ3v) is 3.75. The summed E-state index contributed by atoms with van der Waals surface area (Å²) < 4.78 is 18.7. The number of carbonyl (C=O) groups is 2. The van der Waals surface area contributed by atoms with E-state index in [4.69, 9.17) is 16.0 Å². The topological polar surface area (TPSA) is 106 Å². The summed E-state index contributed by atoms with van der Waals surface area (Å²) in [4.78, 5) is 35.7. The van der Waals surface area contributed by atoms with Crippen molar-refractivity contribution in [2.45, 2.75) is 6.54 Å². The summed E-state index contributed by atoms with van der Waals surface area (Å²) in [6, 6.07) is 11.4. The molecule has 0 bridgehead atoms. The molecule has 2 amide bonds. The van der Waals surface area contributed by atoms with Crippen LogP contribution >= 0.6 is 11.6 Å². The Balaban J connectivity index is 1.63. The molecule has 1 aromatic heterocycles. The fourth-order valence-corrected chi connectivity index (χ4v) is 2.35. The molecule has 0 fully saturated rings. The summed E-state index contributed by atoms with van der Waals surface area (Å²) in [5, 5.41) is 4.09. The number of carbonyl (C=O) groups excluding carboxylic acids is 2. The third kappa shape index (κ3) is 4.39. The monoisotopic (exact) mass is 390 g/mol. The second-order valence-electron chi connectivity index (χ2n) is 5.32. The first kappa shape index (κ1) is 18.3. The van der Waals surface area contributed by atoms with Crippen molar-refractivity contribution >= 4 is 23.4 Å². The average molecular weight is 391 g/mol. The molecule has 138 valence electrons. The molecule has 3 aromatic rings. The van der Waals surface area contributed by atoms with Crippen molar-refractivity contribution in [3.8, 4) is 11.5 Å². The minimum absolute atomic E-state index is 0.0621. The second kappa shape index (κ2) is 7.83. The molecule has 0 saturated heterocycles. The molecule has 1 heterocycles. The summed E-state index contributed by atoms with van der Waals surface area (Å²) in [5.41, 5.74) is 4.89. The number of benzene rings is 2. The maximum absolute atomic E-state index is 12.9. The van der Waals surface area contributed by atoms with Crippen LogP contribution in [-0.2, 0) is 11.3 Å². The van der Waals surface area contributed by atoms with E-state index >= 15 is 0 Å². The van der Waals surface area contributed by atoms with Crippen LogP contribution in [0.25, 0.3) is 11.5 Å². The zero-order valence-corrected chi connectivity index (χ0v) is 14.4. The maximum Gasteiger partial charge on any atom is 0.437 e. The minimum atomic E-state index is -0.873. The van der Waals surface area contributed by atoms with Crippen molar-refractivity contribution in [3.05, 3.63) is 75.5 Å². The van der Waals surface area contributed by atoms with Gasteiger partial charge in [0.05, 0.1) is 10.6 Å². The lowest BCUT2D eigenvalue weighted by Crippen LogP contribution is -2.44. The van der Waals surface area contributed by atoms with E-state index in [1.165, 1.54) is 36.4 Å². The van der Waals surface area contributed by atoms with E-state index in [1.54, 1.807) is 12.1 Å². The lowest BCUT2D eigenvalue weighted by molar-refractivity contribution is -0.122. The number of amides is 2. The van der Waals surface area contributed by atoms with Gasteiger partial charge in [0, 0.05) is 5.56 Å². The van der Waals surface area contributed by atoms with Crippen LogP contribution in [0.1, 0.15) is 10.4 Å². The van der Waals surface area contributed by atoms with Crippen molar-refractivity contribution in [2.75, 3.05) is 0 Å². The summed E-state index contributed by atoms with van der Waals surface area (Å²) in [6.45, 7) is -0.494. The molecule has 2 N–H and O–H groups in total. The van der Waals surface area contributed by atoms with E-state index in [0.29, 0.717) is 5.56 Å². The number of nitrogens with zero attached hydrogens (tertiary/aromatic N) is 2. The highest BCUT2D eigenvalue weighted by Crippen LogP contribution is 2.15. The molecule has 0 unspecified atom stereocenters. The molecule has 2 aromatic carbocycles. The Bertz CT molecular complexity index is 1050. The van der Waals surface area contributed by atoms with Gasteiger partial charge in [-0.05, 0) is 36.4 Å². The van der Waals surface area contributed by atoms with Crippen LogP contribution in [0.15, 0.2) is 57.7 Å². The molecule has 0 aliphatic carbocycles. The Hall–Kier alpha value is -3.46. The normalized spacial score (nSPS) is 10.4. The predicted molar refractivity (Wildman–Crippen MR) is 93.2 cm³/mol. The SMILES string of the molecule is O=C(Cn1nc(-c2ccc(F)cc2)oc1=O)NNC(=O)c1ccccc1Cl. The van der Waals surface area contributed by atoms with Crippen LogP contribution in [0.3, 0.4) is 0 Å². The third-order valence-electron chi connectivity index (χ3n) is 3.42. The van der Waals surface area contributed by atoms with Crippen LogP contribution < -0.4 is 16.6 Å². The lowest BCUT2D eigenvalue weighted by atomic mass is 10.2. The van der Waals surface area contributed by atoms with E-state index < -0.39 is 29.9 Å². The van der Waals surface area contributed by atoms with Crippen molar-refractivity contribution in [3.63, 3.8) is 0 Å². The van der Waals surface area contributed by atoms with Crippen molar-refractivity contribution < 1.29 is 18.4 Å². The van der Waals surface area contributed by atoms with Crippen molar-refractivity contribution in [1.82, 2.24) is 20.6 Å². The second-order valence-corrected chi connectivity index (χ2v) is 5.73. The Labute approximate surface area is 156 Å². The van der Waals surface area contributed by atoms with Gasteiger partial charge in [-0.2, -0.15) is 4.68 Å². The van der Waals surface area contributed by atoms with E-state index in [2.05, 4.69) is 16.0 Å². The molecular formula is C17H12ClFN4O4. The van der Waals surface area contributed by atoms with Crippen molar-refractivity contribution in [2.24, 2.45) is 0 Å². The summed E-state index contributed by atoms with van der Waals surface area (Å²) in [5.74, 6) is -2.71. The van der Waals surface area contributed by atoms with Gasteiger partial charge < -0.3 is 4.42 Å². The van der Waals surface area contributed by atoms with Gasteiger partial charge in [0.15, 0.2) is 0 Å². The van der Waals surface area contributed by atoms with Crippen LogP contribution in [0.2, 0.25) is 5.02 Å². The molecular weight excluding hydrogens is 379 g/mol. The first-order chi connectivity index (χ1) is 12.9. The highest BCUT2D eigenvalue weighted by Gasteiger charge is 2.15. The smallest absolute Gasteiger partial charge is 0.388 e. The molecule has 0 saturated carbocycles. The highest BCUT2D eigenvalue weighted by molar-refractivity contribution is 6.33. The Morgan fingerprint density at radius 2 is 1.81 bits per heavy atom. The molecule has 3 rings (SSSR count). The van der Waals surface area contributed by atoms with Crippen LogP contribution in [0.5, 0.6) is 0 Å². The molecule has 10 heteroatoms. The summed E-state index contributed by atoms with van der Waals surface area (Å²) >= 11 is 5.89. The van der Waals surface area contributed by atoms with E-state index in [1.807, 2.05) is 0 Å². The fourth-order valence-electron chi connectivity index (χ4n) is 2.13. The highest BCUT2D eigenvalue weighted by atomic mass is 35.5. The summed E-state index contributed by atoms with van der Waals surface area (Å²) in [6.07, 6.45) is 0. The van der Waals surface area contributed by atoms with Gasteiger partial charge in [-0.1, -0.05) is 23.7 Å². The standard InChI is InChI=1S/C17H12ClFN4O4/c18-13-4-2-1-3-12(13)15(25)21-20-14(24)9-23-17(26)27-16(22-23)10-5-7-11(19)8-6-10/h1-8H,9H2,(H,20,24)(H,21,25). The fraction of sp³-hybridized carbons (Fsp3) is 0.0588. The molecule has 8 nitrogen and oxygen atoms in total. The van der Waals surface area contributed by atoms with Gasteiger partial charge >= 0.3 is 5.76 Å². The largest absolute Gasteiger partial charge is 0.437 e. The number of hydrogen-bond acceptors (Lipinski definition) is 5. The molecule has 0 radical (unpaired) electrons. The van der Waals surface area contributed by atoms with Crippen LogP contribution in [0.4, 0.5) is 4.39 Å². The number of hydrazine groups is 1. The quantitative estimate of drug-likeness (QED) is 0.660. The number of aromatic nitrogens is 2.